The van der Waals surface area contributed by atoms with Crippen LogP contribution in [0.5, 0.6) is 0 Å². The maximum atomic E-state index is 12.8. The first-order valence-corrected chi connectivity index (χ1v) is 9.45. The van der Waals surface area contributed by atoms with Crippen LogP contribution >= 0.6 is 0 Å². The highest BCUT2D eigenvalue weighted by atomic mass is 16.4. The molecule has 27 heavy (non-hydrogen) atoms. The minimum Gasteiger partial charge on any atom is -0.445 e. The number of fused-ring (bicyclic) bond motifs is 1. The molecule has 0 atom stereocenters. The summed E-state index contributed by atoms with van der Waals surface area (Å²) in [5.74, 6) is 1.67. The minimum atomic E-state index is 0.00128. The van der Waals surface area contributed by atoms with E-state index in [1.165, 1.54) is 5.56 Å². The molecule has 6 nitrogen and oxygen atoms in total. The monoisotopic (exact) mass is 364 g/mol. The Balaban J connectivity index is 1.42. The van der Waals surface area contributed by atoms with E-state index in [1.807, 2.05) is 43.1 Å². The molecule has 0 saturated heterocycles. The van der Waals surface area contributed by atoms with Gasteiger partial charge in [0.05, 0.1) is 18.3 Å². The molecule has 0 radical (unpaired) electrons. The van der Waals surface area contributed by atoms with Crippen molar-refractivity contribution in [3.8, 4) is 0 Å². The van der Waals surface area contributed by atoms with Crippen molar-refractivity contribution in [2.24, 2.45) is 0 Å². The Morgan fingerprint density at radius 2 is 2.04 bits per heavy atom. The van der Waals surface area contributed by atoms with Gasteiger partial charge in [0.25, 0.3) is 5.91 Å². The summed E-state index contributed by atoms with van der Waals surface area (Å²) in [6.45, 7) is 5.23. The highest BCUT2D eigenvalue weighted by Gasteiger charge is 2.26. The molecule has 1 aliphatic heterocycles. The van der Waals surface area contributed by atoms with Gasteiger partial charge >= 0.3 is 0 Å². The summed E-state index contributed by atoms with van der Waals surface area (Å²) in [7, 11) is 0. The second kappa shape index (κ2) is 7.39. The van der Waals surface area contributed by atoms with E-state index in [2.05, 4.69) is 22.2 Å². The molecule has 2 aromatic heterocycles. The van der Waals surface area contributed by atoms with Crippen molar-refractivity contribution in [1.29, 1.82) is 0 Å². The lowest BCUT2D eigenvalue weighted by atomic mass is 10.1. The smallest absolute Gasteiger partial charge is 0.257 e. The van der Waals surface area contributed by atoms with Crippen LogP contribution in [0.1, 0.15) is 53.2 Å². The number of rotatable bonds is 5. The lowest BCUT2D eigenvalue weighted by Crippen LogP contribution is -2.35. The number of hydrogen-bond donors (Lipinski definition) is 0. The average molecular weight is 364 g/mol. The molecule has 0 fully saturated rings. The molecule has 3 heterocycles. The van der Waals surface area contributed by atoms with Crippen LogP contribution in [0.3, 0.4) is 0 Å². The van der Waals surface area contributed by atoms with Gasteiger partial charge in [-0.15, -0.1) is 0 Å². The number of oxazole rings is 1. The molecule has 0 spiro atoms. The van der Waals surface area contributed by atoms with E-state index in [1.54, 1.807) is 10.9 Å². The second-order valence-electron chi connectivity index (χ2n) is 7.24. The maximum absolute atomic E-state index is 12.8. The van der Waals surface area contributed by atoms with Crippen molar-refractivity contribution in [3.63, 3.8) is 0 Å². The molecule has 0 N–H and O–H groups in total. The first-order valence-electron chi connectivity index (χ1n) is 9.45. The van der Waals surface area contributed by atoms with E-state index in [0.29, 0.717) is 25.1 Å². The number of aryl methyl sites for hydroxylation is 2. The van der Waals surface area contributed by atoms with Crippen LogP contribution in [0.15, 0.2) is 47.1 Å². The van der Waals surface area contributed by atoms with Crippen LogP contribution in [0.25, 0.3) is 0 Å². The van der Waals surface area contributed by atoms with Crippen LogP contribution in [-0.4, -0.2) is 32.1 Å². The van der Waals surface area contributed by atoms with Gasteiger partial charge in [-0.3, -0.25) is 9.48 Å². The molecular formula is C21H24N4O2. The Labute approximate surface area is 158 Å². The fraction of sp³-hybridized carbons (Fsp3) is 0.381. The van der Waals surface area contributed by atoms with Gasteiger partial charge < -0.3 is 9.32 Å². The number of carbonyl (C=O) groups is 1. The lowest BCUT2D eigenvalue weighted by Gasteiger charge is -2.24. The lowest BCUT2D eigenvalue weighted by molar-refractivity contribution is 0.0727. The summed E-state index contributed by atoms with van der Waals surface area (Å²) in [4.78, 5) is 19.2. The van der Waals surface area contributed by atoms with Crippen LogP contribution in [-0.2, 0) is 25.8 Å². The molecule has 1 amide bonds. The van der Waals surface area contributed by atoms with Crippen LogP contribution < -0.4 is 0 Å². The van der Waals surface area contributed by atoms with Gasteiger partial charge in [0, 0.05) is 31.6 Å². The van der Waals surface area contributed by atoms with Gasteiger partial charge in [-0.2, -0.15) is 5.10 Å². The Morgan fingerprint density at radius 1 is 1.22 bits per heavy atom. The Bertz CT molecular complexity index is 927. The first kappa shape index (κ1) is 17.5. The third-order valence-corrected chi connectivity index (χ3v) is 4.91. The highest BCUT2D eigenvalue weighted by molar-refractivity contribution is 5.93. The fourth-order valence-corrected chi connectivity index (χ4v) is 3.34. The predicted molar refractivity (Wildman–Crippen MR) is 101 cm³/mol. The SMILES string of the molecule is CC(C)n1cc(C(=O)N2CCc3oc(CCc4ccccc4)nc3C2)cn1. The molecule has 3 aromatic rings. The normalized spacial score (nSPS) is 13.8. The van der Waals surface area contributed by atoms with Crippen molar-refractivity contribution in [2.75, 3.05) is 6.54 Å². The van der Waals surface area contributed by atoms with E-state index in [9.17, 15) is 4.79 Å². The summed E-state index contributed by atoms with van der Waals surface area (Å²) in [6, 6.07) is 10.6. The molecule has 4 rings (SSSR count). The quantitative estimate of drug-likeness (QED) is 0.696. The van der Waals surface area contributed by atoms with E-state index < -0.39 is 0 Å². The summed E-state index contributed by atoms with van der Waals surface area (Å²) >= 11 is 0. The number of nitrogens with zero attached hydrogens (tertiary/aromatic N) is 4. The van der Waals surface area contributed by atoms with Crippen LogP contribution in [0.4, 0.5) is 0 Å². The summed E-state index contributed by atoms with van der Waals surface area (Å²) in [5, 5.41) is 4.27. The molecule has 0 unspecified atom stereocenters. The third-order valence-electron chi connectivity index (χ3n) is 4.91. The van der Waals surface area contributed by atoms with E-state index in [0.717, 1.165) is 30.2 Å². The molecule has 6 heteroatoms. The van der Waals surface area contributed by atoms with Gasteiger partial charge in [0.15, 0.2) is 5.89 Å². The summed E-state index contributed by atoms with van der Waals surface area (Å²) in [6.07, 6.45) is 5.84. The molecule has 1 aromatic carbocycles. The minimum absolute atomic E-state index is 0.00128. The fourth-order valence-electron chi connectivity index (χ4n) is 3.34. The predicted octanol–water partition coefficient (Wildman–Crippen LogP) is 3.44. The summed E-state index contributed by atoms with van der Waals surface area (Å²) in [5.41, 5.74) is 2.78. The highest BCUT2D eigenvalue weighted by Crippen LogP contribution is 2.22. The van der Waals surface area contributed by atoms with E-state index >= 15 is 0 Å². The molecular weight excluding hydrogens is 340 g/mol. The number of hydrogen-bond acceptors (Lipinski definition) is 4. The zero-order valence-corrected chi connectivity index (χ0v) is 15.8. The van der Waals surface area contributed by atoms with Crippen molar-refractivity contribution in [2.45, 2.75) is 45.7 Å². The van der Waals surface area contributed by atoms with Gasteiger partial charge in [-0.25, -0.2) is 4.98 Å². The number of amides is 1. The Morgan fingerprint density at radius 3 is 2.78 bits per heavy atom. The molecule has 0 aliphatic carbocycles. The number of carbonyl (C=O) groups excluding carboxylic acids is 1. The first-order chi connectivity index (χ1) is 13.1. The number of aromatic nitrogens is 3. The van der Waals surface area contributed by atoms with Crippen molar-refractivity contribution in [3.05, 3.63) is 71.2 Å². The Kier molecular flexibility index (Phi) is 4.79. The molecule has 0 saturated carbocycles. The maximum Gasteiger partial charge on any atom is 0.257 e. The second-order valence-corrected chi connectivity index (χ2v) is 7.24. The van der Waals surface area contributed by atoms with Gasteiger partial charge in [0.1, 0.15) is 11.5 Å². The molecule has 0 bridgehead atoms. The van der Waals surface area contributed by atoms with E-state index in [4.69, 9.17) is 4.42 Å². The van der Waals surface area contributed by atoms with Gasteiger partial charge in [-0.1, -0.05) is 30.3 Å². The van der Waals surface area contributed by atoms with E-state index in [-0.39, 0.29) is 11.9 Å². The largest absolute Gasteiger partial charge is 0.445 e. The molecule has 1 aliphatic rings. The third kappa shape index (κ3) is 3.79. The van der Waals surface area contributed by atoms with Gasteiger partial charge in [-0.05, 0) is 25.8 Å². The molecule has 140 valence electrons. The van der Waals surface area contributed by atoms with Crippen molar-refractivity contribution < 1.29 is 9.21 Å². The van der Waals surface area contributed by atoms with Gasteiger partial charge in [0.2, 0.25) is 0 Å². The summed E-state index contributed by atoms with van der Waals surface area (Å²) < 4.78 is 7.74. The van der Waals surface area contributed by atoms with Crippen LogP contribution in [0, 0.1) is 0 Å². The average Bonchev–Trinajstić information content (AvgIpc) is 3.33. The zero-order valence-electron chi connectivity index (χ0n) is 15.8. The Hall–Kier alpha value is -2.89. The number of benzene rings is 1. The van der Waals surface area contributed by atoms with Crippen molar-refractivity contribution >= 4 is 5.91 Å². The standard InChI is InChI=1S/C21H24N4O2/c1-15(2)25-13-17(12-22-25)21(26)24-11-10-19-18(14-24)23-20(27-19)9-8-16-6-4-3-5-7-16/h3-7,12-13,15H,8-11,14H2,1-2H3. The zero-order chi connectivity index (χ0) is 18.8. The van der Waals surface area contributed by atoms with Crippen molar-refractivity contribution in [1.82, 2.24) is 19.7 Å². The topological polar surface area (TPSA) is 64.2 Å². The van der Waals surface area contributed by atoms with Crippen LogP contribution in [0.2, 0.25) is 0 Å².